The van der Waals surface area contributed by atoms with Gasteiger partial charge in [-0.05, 0) is 113 Å². The van der Waals surface area contributed by atoms with Gasteiger partial charge in [-0.25, -0.2) is 9.97 Å². The molecule has 2 aliphatic carbocycles. The standard InChI is InChI=1S/C60H44N2/c1-59(2)51-23-13-12-21-46(51)49-33-42(29-32-52(49)59)37-25-27-38(28-26-37)55-36-56(62-58(61-55)39-15-6-5-7-16-39)47-31-30-45(43-19-10-11-20-44(43)47)48-22-14-24-53-57(48)50-34-40-17-8-9-18-41(40)35-54(50)60(53,3)4/h5-36H,1-4H3. The number of benzene rings is 9. The molecule has 12 rings (SSSR count). The first-order valence-electron chi connectivity index (χ1n) is 21.7. The van der Waals surface area contributed by atoms with Gasteiger partial charge in [-0.3, -0.25) is 0 Å². The summed E-state index contributed by atoms with van der Waals surface area (Å²) >= 11 is 0. The Kier molecular flexibility index (Phi) is 7.96. The number of fused-ring (bicyclic) bond motifs is 8. The van der Waals surface area contributed by atoms with Gasteiger partial charge in [-0.2, -0.15) is 0 Å². The Morgan fingerprint density at radius 3 is 1.69 bits per heavy atom. The third kappa shape index (κ3) is 5.49. The van der Waals surface area contributed by atoms with E-state index in [0.29, 0.717) is 5.82 Å². The lowest BCUT2D eigenvalue weighted by Crippen LogP contribution is -2.14. The molecule has 0 saturated carbocycles. The SMILES string of the molecule is CC1(C)c2ccccc2-c2cc(-c3ccc(-c4cc(-c5ccc(-c6cccc7c6-c6cc8ccccc8cc6C7(C)C)c6ccccc56)nc(-c5ccccc5)n4)cc3)ccc21. The molecule has 62 heavy (non-hydrogen) atoms. The van der Waals surface area contributed by atoms with Crippen molar-refractivity contribution in [2.45, 2.75) is 38.5 Å². The largest absolute Gasteiger partial charge is 0.228 e. The average Bonchev–Trinajstić information content (AvgIpc) is 3.69. The fourth-order valence-corrected chi connectivity index (χ4v) is 10.6. The maximum absolute atomic E-state index is 5.30. The minimum atomic E-state index is -0.117. The van der Waals surface area contributed by atoms with Gasteiger partial charge in [0.1, 0.15) is 0 Å². The fourth-order valence-electron chi connectivity index (χ4n) is 10.6. The van der Waals surface area contributed by atoms with Gasteiger partial charge in [-0.15, -0.1) is 0 Å². The molecule has 2 nitrogen and oxygen atoms in total. The van der Waals surface area contributed by atoms with Crippen LogP contribution in [0.4, 0.5) is 0 Å². The van der Waals surface area contributed by atoms with E-state index in [9.17, 15) is 0 Å². The summed E-state index contributed by atoms with van der Waals surface area (Å²) in [4.78, 5) is 10.5. The van der Waals surface area contributed by atoms with E-state index in [4.69, 9.17) is 9.97 Å². The smallest absolute Gasteiger partial charge is 0.160 e. The van der Waals surface area contributed by atoms with Gasteiger partial charge in [-0.1, -0.05) is 198 Å². The van der Waals surface area contributed by atoms with E-state index in [2.05, 4.69) is 216 Å². The van der Waals surface area contributed by atoms with Crippen LogP contribution in [-0.4, -0.2) is 9.97 Å². The van der Waals surface area contributed by atoms with Crippen molar-refractivity contribution in [3.63, 3.8) is 0 Å². The van der Waals surface area contributed by atoms with E-state index in [0.717, 1.165) is 28.1 Å². The van der Waals surface area contributed by atoms with Crippen molar-refractivity contribution in [2.24, 2.45) is 0 Å². The molecule has 0 atom stereocenters. The molecule has 2 aliphatic rings. The number of hydrogen-bond donors (Lipinski definition) is 0. The third-order valence-corrected chi connectivity index (χ3v) is 13.9. The van der Waals surface area contributed by atoms with E-state index >= 15 is 0 Å². The Morgan fingerprint density at radius 1 is 0.306 bits per heavy atom. The van der Waals surface area contributed by atoms with Crippen molar-refractivity contribution in [3.8, 4) is 78.4 Å². The van der Waals surface area contributed by atoms with Crippen LogP contribution in [0.5, 0.6) is 0 Å². The average molecular weight is 793 g/mol. The van der Waals surface area contributed by atoms with Crippen molar-refractivity contribution in [1.29, 1.82) is 0 Å². The predicted molar refractivity (Wildman–Crippen MR) is 259 cm³/mol. The molecule has 9 aromatic carbocycles. The summed E-state index contributed by atoms with van der Waals surface area (Å²) in [5.41, 5.74) is 20.6. The Hall–Kier alpha value is -7.42. The second-order valence-electron chi connectivity index (χ2n) is 18.1. The third-order valence-electron chi connectivity index (χ3n) is 13.9. The normalized spacial score (nSPS) is 14.1. The van der Waals surface area contributed by atoms with Gasteiger partial charge in [0.05, 0.1) is 11.4 Å². The molecule has 0 bridgehead atoms. The lowest BCUT2D eigenvalue weighted by molar-refractivity contribution is 0.660. The molecule has 10 aromatic rings. The predicted octanol–water partition coefficient (Wildman–Crippen LogP) is 15.7. The van der Waals surface area contributed by atoms with Crippen molar-refractivity contribution >= 4 is 21.5 Å². The summed E-state index contributed by atoms with van der Waals surface area (Å²) in [6, 6.07) is 71.0. The molecule has 0 amide bonds. The second-order valence-corrected chi connectivity index (χ2v) is 18.1. The van der Waals surface area contributed by atoms with E-state index in [1.165, 1.54) is 88.3 Å². The highest BCUT2D eigenvalue weighted by Gasteiger charge is 2.38. The first-order valence-corrected chi connectivity index (χ1v) is 21.7. The number of aromatic nitrogens is 2. The lowest BCUT2D eigenvalue weighted by atomic mass is 9.81. The van der Waals surface area contributed by atoms with Gasteiger partial charge in [0.2, 0.25) is 0 Å². The second kappa shape index (κ2) is 13.5. The quantitative estimate of drug-likeness (QED) is 0.173. The van der Waals surface area contributed by atoms with E-state index in [1.807, 2.05) is 6.07 Å². The van der Waals surface area contributed by atoms with Gasteiger partial charge in [0.25, 0.3) is 0 Å². The van der Waals surface area contributed by atoms with Crippen LogP contribution in [0.3, 0.4) is 0 Å². The van der Waals surface area contributed by atoms with Crippen molar-refractivity contribution < 1.29 is 0 Å². The molecule has 294 valence electrons. The molecular weight excluding hydrogens is 749 g/mol. The molecule has 1 heterocycles. The zero-order valence-corrected chi connectivity index (χ0v) is 35.4. The molecule has 2 heteroatoms. The van der Waals surface area contributed by atoms with Crippen LogP contribution >= 0.6 is 0 Å². The van der Waals surface area contributed by atoms with Crippen LogP contribution in [0.25, 0.3) is 100.0 Å². The number of nitrogens with zero attached hydrogens (tertiary/aromatic N) is 2. The summed E-state index contributed by atoms with van der Waals surface area (Å²) in [5, 5.41) is 4.93. The van der Waals surface area contributed by atoms with Gasteiger partial charge < -0.3 is 0 Å². The molecule has 0 spiro atoms. The van der Waals surface area contributed by atoms with Crippen LogP contribution in [0.1, 0.15) is 49.9 Å². The van der Waals surface area contributed by atoms with Crippen LogP contribution in [0.2, 0.25) is 0 Å². The van der Waals surface area contributed by atoms with Gasteiger partial charge >= 0.3 is 0 Å². The lowest BCUT2D eigenvalue weighted by Gasteiger charge is -2.22. The Bertz CT molecular complexity index is 3450. The summed E-state index contributed by atoms with van der Waals surface area (Å²) < 4.78 is 0. The van der Waals surface area contributed by atoms with Crippen LogP contribution in [0, 0.1) is 0 Å². The number of rotatable bonds is 5. The van der Waals surface area contributed by atoms with Crippen LogP contribution in [-0.2, 0) is 10.8 Å². The molecule has 0 aliphatic heterocycles. The fraction of sp³-hybridized carbons (Fsp3) is 0.100. The van der Waals surface area contributed by atoms with Gasteiger partial charge in [0, 0.05) is 27.5 Å². The molecule has 1 aromatic heterocycles. The van der Waals surface area contributed by atoms with Crippen molar-refractivity contribution in [3.05, 3.63) is 216 Å². The van der Waals surface area contributed by atoms with Crippen LogP contribution < -0.4 is 0 Å². The minimum Gasteiger partial charge on any atom is -0.228 e. The molecule has 0 radical (unpaired) electrons. The Labute approximate surface area is 363 Å². The van der Waals surface area contributed by atoms with Crippen molar-refractivity contribution in [1.82, 2.24) is 9.97 Å². The molecule has 0 fully saturated rings. The molecular formula is C60H44N2. The van der Waals surface area contributed by atoms with Gasteiger partial charge in [0.15, 0.2) is 5.82 Å². The first-order chi connectivity index (χ1) is 30.2. The molecule has 0 N–H and O–H groups in total. The zero-order chi connectivity index (χ0) is 41.7. The highest BCUT2D eigenvalue weighted by molar-refractivity contribution is 6.08. The molecule has 0 unspecified atom stereocenters. The van der Waals surface area contributed by atoms with E-state index in [-0.39, 0.29) is 10.8 Å². The maximum Gasteiger partial charge on any atom is 0.160 e. The summed E-state index contributed by atoms with van der Waals surface area (Å²) in [6.45, 7) is 9.40. The summed E-state index contributed by atoms with van der Waals surface area (Å²) in [6.07, 6.45) is 0. The van der Waals surface area contributed by atoms with Crippen LogP contribution in [0.15, 0.2) is 194 Å². The maximum atomic E-state index is 5.30. The van der Waals surface area contributed by atoms with E-state index < -0.39 is 0 Å². The molecule has 0 saturated heterocycles. The Balaban J connectivity index is 0.976. The highest BCUT2D eigenvalue weighted by Crippen LogP contribution is 2.54. The minimum absolute atomic E-state index is 0.0120. The Morgan fingerprint density at radius 2 is 0.887 bits per heavy atom. The first kappa shape index (κ1) is 36.4. The highest BCUT2D eigenvalue weighted by atomic mass is 14.9. The summed E-state index contributed by atoms with van der Waals surface area (Å²) in [7, 11) is 0. The summed E-state index contributed by atoms with van der Waals surface area (Å²) in [5.74, 6) is 0.710. The zero-order valence-electron chi connectivity index (χ0n) is 35.4. The monoisotopic (exact) mass is 792 g/mol. The topological polar surface area (TPSA) is 25.8 Å². The van der Waals surface area contributed by atoms with Crippen molar-refractivity contribution in [2.75, 3.05) is 0 Å². The number of hydrogen-bond acceptors (Lipinski definition) is 2. The van der Waals surface area contributed by atoms with E-state index in [1.54, 1.807) is 0 Å².